The summed E-state index contributed by atoms with van der Waals surface area (Å²) >= 11 is 0. The zero-order valence-corrected chi connectivity index (χ0v) is 14.4. The lowest BCUT2D eigenvalue weighted by Crippen LogP contribution is -2.40. The summed E-state index contributed by atoms with van der Waals surface area (Å²) in [5.41, 5.74) is 1.48. The van der Waals surface area contributed by atoms with E-state index in [1.165, 1.54) is 12.1 Å². The summed E-state index contributed by atoms with van der Waals surface area (Å²) < 4.78 is 37.7. The molecule has 0 aromatic heterocycles. The molecule has 2 amide bonds. The molecule has 144 valence electrons. The summed E-state index contributed by atoms with van der Waals surface area (Å²) in [5.74, 6) is -1.06. The first-order valence-corrected chi connectivity index (χ1v) is 8.20. The molecule has 0 radical (unpaired) electrons. The van der Waals surface area contributed by atoms with E-state index in [-0.39, 0.29) is 18.7 Å². The molecule has 0 aliphatic rings. The Balaban J connectivity index is 2.00. The van der Waals surface area contributed by atoms with Crippen LogP contribution in [-0.2, 0) is 13.1 Å². The second kappa shape index (κ2) is 9.07. The molecule has 2 aromatic carbocycles. The van der Waals surface area contributed by atoms with E-state index in [1.807, 2.05) is 0 Å². The van der Waals surface area contributed by atoms with Crippen molar-refractivity contribution < 1.29 is 27.9 Å². The molecule has 8 heteroatoms. The van der Waals surface area contributed by atoms with Crippen molar-refractivity contribution in [1.82, 2.24) is 10.2 Å². The van der Waals surface area contributed by atoms with Gasteiger partial charge in [-0.25, -0.2) is 9.59 Å². The van der Waals surface area contributed by atoms with Crippen LogP contribution in [0.4, 0.5) is 18.0 Å². The Morgan fingerprint density at radius 3 is 2.15 bits per heavy atom. The van der Waals surface area contributed by atoms with Crippen molar-refractivity contribution in [2.45, 2.75) is 25.7 Å². The average Bonchev–Trinajstić information content (AvgIpc) is 2.63. The van der Waals surface area contributed by atoms with Gasteiger partial charge in [0.2, 0.25) is 0 Å². The Morgan fingerprint density at radius 1 is 0.963 bits per heavy atom. The minimum Gasteiger partial charge on any atom is -0.478 e. The number of benzene rings is 2. The number of hydrogen-bond donors (Lipinski definition) is 2. The number of nitrogens with one attached hydrogen (secondary N) is 1. The van der Waals surface area contributed by atoms with Gasteiger partial charge in [-0.2, -0.15) is 13.2 Å². The molecule has 0 unspecified atom stereocenters. The van der Waals surface area contributed by atoms with Gasteiger partial charge in [0.15, 0.2) is 0 Å². The van der Waals surface area contributed by atoms with E-state index < -0.39 is 31.1 Å². The molecule has 0 atom stereocenters. The highest BCUT2D eigenvalue weighted by Crippen LogP contribution is 2.20. The molecule has 0 aliphatic carbocycles. The number of hydrogen-bond acceptors (Lipinski definition) is 2. The Hall–Kier alpha value is -3.03. The largest absolute Gasteiger partial charge is 0.478 e. The zero-order valence-electron chi connectivity index (χ0n) is 14.4. The lowest BCUT2D eigenvalue weighted by Gasteiger charge is -2.24. The summed E-state index contributed by atoms with van der Waals surface area (Å²) in [6.07, 6.45) is -5.46. The summed E-state index contributed by atoms with van der Waals surface area (Å²) in [5, 5.41) is 11.4. The van der Waals surface area contributed by atoms with E-state index in [4.69, 9.17) is 5.11 Å². The molecular formula is C19H19F3N2O3. The Kier molecular flexibility index (Phi) is 6.81. The normalized spacial score (nSPS) is 11.1. The van der Waals surface area contributed by atoms with E-state index in [0.29, 0.717) is 5.56 Å². The van der Waals surface area contributed by atoms with Crippen LogP contribution in [0.5, 0.6) is 0 Å². The molecule has 5 nitrogen and oxygen atoms in total. The Labute approximate surface area is 154 Å². The van der Waals surface area contributed by atoms with Crippen LogP contribution in [0.3, 0.4) is 0 Å². The molecule has 0 saturated heterocycles. The maximum Gasteiger partial charge on any atom is 0.390 e. The molecule has 0 heterocycles. The fourth-order valence-electron chi connectivity index (χ4n) is 2.37. The quantitative estimate of drug-likeness (QED) is 0.761. The monoisotopic (exact) mass is 380 g/mol. The molecule has 0 spiro atoms. The van der Waals surface area contributed by atoms with E-state index in [2.05, 4.69) is 5.32 Å². The van der Waals surface area contributed by atoms with Gasteiger partial charge in [0.1, 0.15) is 0 Å². The van der Waals surface area contributed by atoms with Crippen LogP contribution in [0.25, 0.3) is 0 Å². The standard InChI is InChI=1S/C19H19F3N2O3/c20-19(21,22)10-11-24(13-15-4-2-1-3-5-15)18(27)23-12-14-6-8-16(9-7-14)17(25)26/h1-9H,10-13H2,(H,23,27)(H,25,26). The van der Waals surface area contributed by atoms with Gasteiger partial charge in [-0.15, -0.1) is 0 Å². The molecule has 0 bridgehead atoms. The first kappa shape index (κ1) is 20.3. The van der Waals surface area contributed by atoms with Crippen molar-refractivity contribution in [2.24, 2.45) is 0 Å². The number of carboxylic acid groups (broad SMARTS) is 1. The molecule has 2 rings (SSSR count). The fourth-order valence-corrected chi connectivity index (χ4v) is 2.37. The van der Waals surface area contributed by atoms with Crippen molar-refractivity contribution in [2.75, 3.05) is 6.54 Å². The molecule has 2 aromatic rings. The second-order valence-corrected chi connectivity index (χ2v) is 5.93. The van der Waals surface area contributed by atoms with E-state index in [1.54, 1.807) is 42.5 Å². The van der Waals surface area contributed by atoms with Crippen LogP contribution in [0.15, 0.2) is 54.6 Å². The van der Waals surface area contributed by atoms with Crippen molar-refractivity contribution in [3.63, 3.8) is 0 Å². The first-order valence-electron chi connectivity index (χ1n) is 8.20. The van der Waals surface area contributed by atoms with Crippen LogP contribution in [0.1, 0.15) is 27.9 Å². The van der Waals surface area contributed by atoms with Gasteiger partial charge in [-0.05, 0) is 23.3 Å². The number of carbonyl (C=O) groups excluding carboxylic acids is 1. The zero-order chi connectivity index (χ0) is 19.9. The van der Waals surface area contributed by atoms with Gasteiger partial charge in [0.25, 0.3) is 0 Å². The van der Waals surface area contributed by atoms with Gasteiger partial charge in [0, 0.05) is 19.6 Å². The van der Waals surface area contributed by atoms with E-state index in [0.717, 1.165) is 10.5 Å². The van der Waals surface area contributed by atoms with Gasteiger partial charge in [-0.3, -0.25) is 0 Å². The van der Waals surface area contributed by atoms with Crippen LogP contribution in [0.2, 0.25) is 0 Å². The van der Waals surface area contributed by atoms with Gasteiger partial charge in [-0.1, -0.05) is 42.5 Å². The minimum absolute atomic E-state index is 0.0563. The number of aromatic carboxylic acids is 1. The van der Waals surface area contributed by atoms with Crippen molar-refractivity contribution in [1.29, 1.82) is 0 Å². The predicted octanol–water partition coefficient (Wildman–Crippen LogP) is 4.05. The van der Waals surface area contributed by atoms with Crippen molar-refractivity contribution in [3.8, 4) is 0 Å². The molecular weight excluding hydrogens is 361 g/mol. The van der Waals surface area contributed by atoms with Crippen LogP contribution >= 0.6 is 0 Å². The van der Waals surface area contributed by atoms with Gasteiger partial charge in [0.05, 0.1) is 12.0 Å². The number of carboxylic acids is 1. The maximum absolute atomic E-state index is 12.6. The number of rotatable bonds is 7. The highest BCUT2D eigenvalue weighted by atomic mass is 19.4. The summed E-state index contributed by atoms with van der Waals surface area (Å²) in [6, 6.07) is 14.0. The minimum atomic E-state index is -4.36. The van der Waals surface area contributed by atoms with E-state index >= 15 is 0 Å². The average molecular weight is 380 g/mol. The maximum atomic E-state index is 12.6. The molecule has 0 saturated carbocycles. The third-order valence-electron chi connectivity index (χ3n) is 3.81. The van der Waals surface area contributed by atoms with Crippen LogP contribution in [0, 0.1) is 0 Å². The number of amides is 2. The highest BCUT2D eigenvalue weighted by molar-refractivity contribution is 5.87. The Bertz CT molecular complexity index is 762. The van der Waals surface area contributed by atoms with Crippen molar-refractivity contribution >= 4 is 12.0 Å². The number of halogens is 3. The van der Waals surface area contributed by atoms with Crippen LogP contribution < -0.4 is 5.32 Å². The van der Waals surface area contributed by atoms with Crippen LogP contribution in [-0.4, -0.2) is 34.7 Å². The molecule has 27 heavy (non-hydrogen) atoms. The molecule has 0 fully saturated rings. The number of urea groups is 1. The highest BCUT2D eigenvalue weighted by Gasteiger charge is 2.29. The molecule has 0 aliphatic heterocycles. The summed E-state index contributed by atoms with van der Waals surface area (Å²) in [7, 11) is 0. The Morgan fingerprint density at radius 2 is 1.59 bits per heavy atom. The summed E-state index contributed by atoms with van der Waals surface area (Å²) in [6.45, 7) is -0.321. The lowest BCUT2D eigenvalue weighted by atomic mass is 10.1. The van der Waals surface area contributed by atoms with Gasteiger partial charge >= 0.3 is 18.2 Å². The SMILES string of the molecule is O=C(O)c1ccc(CNC(=O)N(CCC(F)(F)F)Cc2ccccc2)cc1. The third-order valence-corrected chi connectivity index (χ3v) is 3.81. The van der Waals surface area contributed by atoms with Crippen molar-refractivity contribution in [3.05, 3.63) is 71.3 Å². The third kappa shape index (κ3) is 7.01. The first-order chi connectivity index (χ1) is 12.7. The lowest BCUT2D eigenvalue weighted by molar-refractivity contribution is -0.136. The number of nitrogens with zero attached hydrogens (tertiary/aromatic N) is 1. The number of alkyl halides is 3. The fraction of sp³-hybridized carbons (Fsp3) is 0.263. The summed E-state index contributed by atoms with van der Waals surface area (Å²) in [4.78, 5) is 24.3. The topological polar surface area (TPSA) is 69.6 Å². The van der Waals surface area contributed by atoms with Gasteiger partial charge < -0.3 is 15.3 Å². The second-order valence-electron chi connectivity index (χ2n) is 5.93. The smallest absolute Gasteiger partial charge is 0.390 e. The number of carbonyl (C=O) groups is 2. The van der Waals surface area contributed by atoms with E-state index in [9.17, 15) is 22.8 Å². The molecule has 2 N–H and O–H groups in total. The predicted molar refractivity (Wildman–Crippen MR) is 93.2 cm³/mol.